The van der Waals surface area contributed by atoms with Crippen molar-refractivity contribution in [2.45, 2.75) is 32.8 Å². The van der Waals surface area contributed by atoms with E-state index in [2.05, 4.69) is 24.1 Å². The molecule has 2 aliphatic rings. The van der Waals surface area contributed by atoms with Crippen LogP contribution in [-0.2, 0) is 9.53 Å². The number of carbonyl (C=O) groups is 2. The van der Waals surface area contributed by atoms with Gasteiger partial charge in [0.25, 0.3) is 5.91 Å². The molecule has 0 aliphatic carbocycles. The molecule has 0 radical (unpaired) electrons. The maximum absolute atomic E-state index is 12.5. The Balaban J connectivity index is 1.39. The number of furan rings is 1. The number of ether oxygens (including phenoxy) is 1. The van der Waals surface area contributed by atoms with Gasteiger partial charge in [0.05, 0.1) is 24.5 Å². The molecule has 7 heteroatoms. The van der Waals surface area contributed by atoms with Gasteiger partial charge in [0.2, 0.25) is 5.91 Å². The average molecular weight is 377 g/mol. The number of likely N-dealkylation sites (tertiary alicyclic amines) is 1. The third kappa shape index (κ3) is 5.56. The number of carbonyl (C=O) groups excluding carboxylic acids is 2. The number of hydrogen-bond donors (Lipinski definition) is 1. The van der Waals surface area contributed by atoms with Crippen LogP contribution in [0, 0.1) is 11.8 Å². The van der Waals surface area contributed by atoms with E-state index < -0.39 is 0 Å². The molecule has 1 unspecified atom stereocenters. The molecule has 150 valence electrons. The van der Waals surface area contributed by atoms with Crippen LogP contribution in [0.15, 0.2) is 23.0 Å². The number of morpholine rings is 1. The number of hydrogen-bond acceptors (Lipinski definition) is 5. The summed E-state index contributed by atoms with van der Waals surface area (Å²) in [6.45, 7) is 9.82. The first-order valence-electron chi connectivity index (χ1n) is 9.96. The van der Waals surface area contributed by atoms with E-state index >= 15 is 0 Å². The Labute approximate surface area is 161 Å². The van der Waals surface area contributed by atoms with Gasteiger partial charge in [0, 0.05) is 45.2 Å². The van der Waals surface area contributed by atoms with Crippen molar-refractivity contribution in [3.05, 3.63) is 24.2 Å². The predicted molar refractivity (Wildman–Crippen MR) is 101 cm³/mol. The first-order valence-corrected chi connectivity index (χ1v) is 9.96. The van der Waals surface area contributed by atoms with Crippen molar-refractivity contribution in [3.8, 4) is 0 Å². The largest absolute Gasteiger partial charge is 0.472 e. The van der Waals surface area contributed by atoms with Crippen molar-refractivity contribution in [1.82, 2.24) is 15.1 Å². The van der Waals surface area contributed by atoms with Gasteiger partial charge < -0.3 is 19.4 Å². The molecule has 1 aromatic rings. The highest BCUT2D eigenvalue weighted by molar-refractivity contribution is 5.94. The van der Waals surface area contributed by atoms with Gasteiger partial charge in [0.15, 0.2) is 0 Å². The first-order chi connectivity index (χ1) is 13.0. The minimum Gasteiger partial charge on any atom is -0.472 e. The quantitative estimate of drug-likeness (QED) is 0.815. The summed E-state index contributed by atoms with van der Waals surface area (Å²) in [5, 5.41) is 3.06. The standard InChI is InChI=1S/C20H31N3O4/c1-15(2)12-22-8-10-27-18(13-22)11-21-19(24)16-3-6-23(7-4-16)20(25)17-5-9-26-14-17/h5,9,14-16,18H,3-4,6-8,10-13H2,1-2H3,(H,21,24). The minimum atomic E-state index is -0.0336. The SMILES string of the molecule is CC(C)CN1CCOC(CNC(=O)C2CCN(C(=O)c3ccoc3)CC2)C1. The zero-order chi connectivity index (χ0) is 19.2. The summed E-state index contributed by atoms with van der Waals surface area (Å²) in [6.07, 6.45) is 4.42. The lowest BCUT2D eigenvalue weighted by molar-refractivity contribution is -0.127. The van der Waals surface area contributed by atoms with Crippen LogP contribution < -0.4 is 5.32 Å². The normalized spacial score (nSPS) is 22.2. The van der Waals surface area contributed by atoms with Gasteiger partial charge >= 0.3 is 0 Å². The van der Waals surface area contributed by atoms with Crippen molar-refractivity contribution in [1.29, 1.82) is 0 Å². The van der Waals surface area contributed by atoms with Crippen LogP contribution in [0.4, 0.5) is 0 Å². The molecule has 0 bridgehead atoms. The Hall–Kier alpha value is -1.86. The van der Waals surface area contributed by atoms with E-state index in [9.17, 15) is 9.59 Å². The van der Waals surface area contributed by atoms with Crippen LogP contribution in [0.2, 0.25) is 0 Å². The van der Waals surface area contributed by atoms with Crippen LogP contribution in [0.3, 0.4) is 0 Å². The molecule has 3 heterocycles. The van der Waals surface area contributed by atoms with Gasteiger partial charge in [-0.1, -0.05) is 13.8 Å². The minimum absolute atomic E-state index is 0.0246. The molecule has 2 amide bonds. The second-order valence-electron chi connectivity index (χ2n) is 7.97. The smallest absolute Gasteiger partial charge is 0.257 e. The van der Waals surface area contributed by atoms with Crippen LogP contribution >= 0.6 is 0 Å². The van der Waals surface area contributed by atoms with Crippen molar-refractivity contribution in [2.24, 2.45) is 11.8 Å². The van der Waals surface area contributed by atoms with Gasteiger partial charge in [0.1, 0.15) is 6.26 Å². The number of rotatable bonds is 6. The van der Waals surface area contributed by atoms with E-state index in [1.165, 1.54) is 12.5 Å². The molecule has 0 aromatic carbocycles. The predicted octanol–water partition coefficient (Wildman–Crippen LogP) is 1.60. The van der Waals surface area contributed by atoms with Crippen molar-refractivity contribution >= 4 is 11.8 Å². The Morgan fingerprint density at radius 1 is 1.26 bits per heavy atom. The van der Waals surface area contributed by atoms with E-state index in [4.69, 9.17) is 9.15 Å². The number of piperidine rings is 1. The average Bonchev–Trinajstić information content (AvgIpc) is 3.20. The zero-order valence-corrected chi connectivity index (χ0v) is 16.4. The van der Waals surface area contributed by atoms with Crippen LogP contribution in [0.1, 0.15) is 37.0 Å². The summed E-state index contributed by atoms with van der Waals surface area (Å²) in [4.78, 5) is 29.0. The lowest BCUT2D eigenvalue weighted by Crippen LogP contribution is -2.50. The highest BCUT2D eigenvalue weighted by Gasteiger charge is 2.29. The van der Waals surface area contributed by atoms with Crippen LogP contribution in [-0.4, -0.2) is 73.6 Å². The fourth-order valence-corrected chi connectivity index (χ4v) is 3.86. The summed E-state index contributed by atoms with van der Waals surface area (Å²) >= 11 is 0. The Morgan fingerprint density at radius 3 is 2.70 bits per heavy atom. The summed E-state index contributed by atoms with van der Waals surface area (Å²) < 4.78 is 10.8. The highest BCUT2D eigenvalue weighted by Crippen LogP contribution is 2.19. The van der Waals surface area contributed by atoms with Crippen LogP contribution in [0.5, 0.6) is 0 Å². The van der Waals surface area contributed by atoms with Crippen molar-refractivity contribution in [3.63, 3.8) is 0 Å². The Kier molecular flexibility index (Phi) is 6.90. The van der Waals surface area contributed by atoms with Crippen molar-refractivity contribution < 1.29 is 18.7 Å². The molecule has 1 atom stereocenters. The van der Waals surface area contributed by atoms with Gasteiger partial charge in [-0.05, 0) is 24.8 Å². The van der Waals surface area contributed by atoms with Gasteiger partial charge in [-0.15, -0.1) is 0 Å². The molecule has 27 heavy (non-hydrogen) atoms. The van der Waals surface area contributed by atoms with Crippen molar-refractivity contribution in [2.75, 3.05) is 45.9 Å². The molecule has 3 rings (SSSR count). The maximum Gasteiger partial charge on any atom is 0.257 e. The van der Waals surface area contributed by atoms with E-state index in [0.717, 1.165) is 26.2 Å². The fourth-order valence-electron chi connectivity index (χ4n) is 3.86. The summed E-state index contributed by atoms with van der Waals surface area (Å²) in [6, 6.07) is 1.67. The fraction of sp³-hybridized carbons (Fsp3) is 0.700. The summed E-state index contributed by atoms with van der Waals surface area (Å²) in [5.74, 6) is 0.653. The lowest BCUT2D eigenvalue weighted by Gasteiger charge is -2.34. The molecular formula is C20H31N3O4. The Morgan fingerprint density at radius 2 is 2.04 bits per heavy atom. The molecule has 0 saturated carbocycles. The first kappa shape index (κ1) is 19.9. The second-order valence-corrected chi connectivity index (χ2v) is 7.97. The number of nitrogens with zero attached hydrogens (tertiary/aromatic N) is 2. The van der Waals surface area contributed by atoms with Crippen LogP contribution in [0.25, 0.3) is 0 Å². The third-order valence-corrected chi connectivity index (χ3v) is 5.27. The maximum atomic E-state index is 12.5. The van der Waals surface area contributed by atoms with E-state index in [1.54, 1.807) is 11.0 Å². The second kappa shape index (κ2) is 9.37. The molecule has 7 nitrogen and oxygen atoms in total. The highest BCUT2D eigenvalue weighted by atomic mass is 16.5. The van der Waals surface area contributed by atoms with Gasteiger partial charge in [-0.3, -0.25) is 14.5 Å². The molecular weight excluding hydrogens is 346 g/mol. The molecule has 0 spiro atoms. The molecule has 2 fully saturated rings. The summed E-state index contributed by atoms with van der Waals surface area (Å²) in [7, 11) is 0. The zero-order valence-electron chi connectivity index (χ0n) is 16.4. The topological polar surface area (TPSA) is 75.0 Å². The molecule has 2 saturated heterocycles. The van der Waals surface area contributed by atoms with Gasteiger partial charge in [-0.25, -0.2) is 0 Å². The molecule has 1 N–H and O–H groups in total. The Bertz CT molecular complexity index is 609. The number of nitrogens with one attached hydrogen (secondary N) is 1. The van der Waals surface area contributed by atoms with E-state index in [1.807, 2.05) is 0 Å². The molecule has 2 aliphatic heterocycles. The third-order valence-electron chi connectivity index (χ3n) is 5.27. The number of amides is 2. The van der Waals surface area contributed by atoms with E-state index in [-0.39, 0.29) is 23.8 Å². The van der Waals surface area contributed by atoms with Gasteiger partial charge in [-0.2, -0.15) is 0 Å². The lowest BCUT2D eigenvalue weighted by atomic mass is 9.95. The summed E-state index contributed by atoms with van der Waals surface area (Å²) in [5.41, 5.74) is 0.568. The monoisotopic (exact) mass is 377 g/mol. The van der Waals surface area contributed by atoms with E-state index in [0.29, 0.717) is 44.0 Å². The molecule has 1 aromatic heterocycles.